The number of nitrogens with zero attached hydrogens (tertiary/aromatic N) is 3. The smallest absolute Gasteiger partial charge is 0.253 e. The number of aliphatic imine (C=N–C) groups is 1. The van der Waals surface area contributed by atoms with Crippen molar-refractivity contribution in [2.75, 3.05) is 27.5 Å². The number of ether oxygens (including phenoxy) is 1. The van der Waals surface area contributed by atoms with Gasteiger partial charge in [0, 0.05) is 19.7 Å². The van der Waals surface area contributed by atoms with Crippen molar-refractivity contribution in [2.24, 2.45) is 4.99 Å². The van der Waals surface area contributed by atoms with E-state index in [-0.39, 0.29) is 5.91 Å². The Bertz CT molecular complexity index is 564. The van der Waals surface area contributed by atoms with Gasteiger partial charge in [-0.25, -0.2) is 4.99 Å². The molecule has 1 amide bonds. The third-order valence-electron chi connectivity index (χ3n) is 2.41. The summed E-state index contributed by atoms with van der Waals surface area (Å²) < 4.78 is 5.21. The lowest BCUT2D eigenvalue weighted by Gasteiger charge is -2.12. The first-order valence-corrected chi connectivity index (χ1v) is 6.93. The van der Waals surface area contributed by atoms with Gasteiger partial charge in [-0.05, 0) is 24.5 Å². The lowest BCUT2D eigenvalue weighted by Crippen LogP contribution is -2.21. The predicted molar refractivity (Wildman–Crippen MR) is 80.4 cm³/mol. The van der Waals surface area contributed by atoms with Gasteiger partial charge in [0.1, 0.15) is 11.4 Å². The van der Waals surface area contributed by atoms with E-state index in [2.05, 4.69) is 10.3 Å². The fourth-order valence-electron chi connectivity index (χ4n) is 1.45. The molecule has 0 unspecified atom stereocenters. The standard InChI is InChI=1S/C13H16N4O2S/c1-17(2)12(18)9-5-6-11(19-3)10(7-9)16-13(20-4)15-8-14/h5-7H,1-4H3,(H,15,16). The molecule has 0 saturated carbocycles. The Kier molecular flexibility index (Phi) is 5.87. The minimum absolute atomic E-state index is 0.122. The Morgan fingerprint density at radius 3 is 2.70 bits per heavy atom. The first kappa shape index (κ1) is 15.9. The number of rotatable bonds is 3. The Morgan fingerprint density at radius 2 is 2.20 bits per heavy atom. The summed E-state index contributed by atoms with van der Waals surface area (Å²) in [4.78, 5) is 17.7. The number of nitriles is 1. The molecule has 0 bridgehead atoms. The van der Waals surface area contributed by atoms with Crippen LogP contribution in [0.1, 0.15) is 10.4 Å². The van der Waals surface area contributed by atoms with Crippen LogP contribution >= 0.6 is 11.8 Å². The molecule has 1 rings (SSSR count). The lowest BCUT2D eigenvalue weighted by atomic mass is 10.1. The molecule has 6 nitrogen and oxygen atoms in total. The third-order valence-corrected chi connectivity index (χ3v) is 2.99. The van der Waals surface area contributed by atoms with Crippen LogP contribution in [-0.2, 0) is 0 Å². The van der Waals surface area contributed by atoms with Crippen LogP contribution in [0, 0.1) is 11.5 Å². The molecule has 0 spiro atoms. The summed E-state index contributed by atoms with van der Waals surface area (Å²) in [7, 11) is 4.89. The fraction of sp³-hybridized carbons (Fsp3) is 0.308. The Hall–Kier alpha value is -2.20. The number of thioether (sulfide) groups is 1. The molecule has 0 fully saturated rings. The summed E-state index contributed by atoms with van der Waals surface area (Å²) >= 11 is 1.29. The van der Waals surface area contributed by atoms with Crippen LogP contribution in [0.4, 0.5) is 5.69 Å². The van der Waals surface area contributed by atoms with Crippen molar-refractivity contribution in [1.82, 2.24) is 10.2 Å². The monoisotopic (exact) mass is 292 g/mol. The van der Waals surface area contributed by atoms with E-state index in [1.807, 2.05) is 6.19 Å². The molecule has 1 aromatic rings. The summed E-state index contributed by atoms with van der Waals surface area (Å²) in [6.45, 7) is 0. The fourth-order valence-corrected chi connectivity index (χ4v) is 1.79. The van der Waals surface area contributed by atoms with Gasteiger partial charge in [0.2, 0.25) is 0 Å². The Labute approximate surface area is 122 Å². The number of hydrogen-bond acceptors (Lipinski definition) is 5. The average molecular weight is 292 g/mol. The van der Waals surface area contributed by atoms with E-state index in [9.17, 15) is 4.79 Å². The van der Waals surface area contributed by atoms with Crippen LogP contribution in [0.2, 0.25) is 0 Å². The number of nitrogens with one attached hydrogen (secondary N) is 1. The zero-order valence-corrected chi connectivity index (χ0v) is 12.6. The highest BCUT2D eigenvalue weighted by molar-refractivity contribution is 8.13. The molecule has 0 radical (unpaired) electrons. The maximum Gasteiger partial charge on any atom is 0.253 e. The van der Waals surface area contributed by atoms with Crippen molar-refractivity contribution in [3.63, 3.8) is 0 Å². The van der Waals surface area contributed by atoms with E-state index in [0.717, 1.165) is 0 Å². The van der Waals surface area contributed by atoms with Crippen molar-refractivity contribution in [1.29, 1.82) is 5.26 Å². The second-order valence-corrected chi connectivity index (χ2v) is 4.74. The second kappa shape index (κ2) is 7.40. The highest BCUT2D eigenvalue weighted by Crippen LogP contribution is 2.29. The SMILES string of the molecule is COc1ccc(C(=O)N(C)C)cc1N=C(NC#N)SC. The number of amidine groups is 1. The second-order valence-electron chi connectivity index (χ2n) is 3.94. The van der Waals surface area contributed by atoms with Gasteiger partial charge in [0.05, 0.1) is 7.11 Å². The van der Waals surface area contributed by atoms with Crippen molar-refractivity contribution in [3.8, 4) is 11.9 Å². The minimum atomic E-state index is -0.122. The van der Waals surface area contributed by atoms with Crippen LogP contribution in [-0.4, -0.2) is 43.4 Å². The number of methoxy groups -OCH3 is 1. The summed E-state index contributed by atoms with van der Waals surface area (Å²) in [5.41, 5.74) is 0.999. The largest absolute Gasteiger partial charge is 0.494 e. The molecule has 20 heavy (non-hydrogen) atoms. The molecular formula is C13H16N4O2S. The quantitative estimate of drug-likeness (QED) is 0.398. The molecule has 0 atom stereocenters. The molecule has 7 heteroatoms. The number of carbonyl (C=O) groups excluding carboxylic acids is 1. The first-order valence-electron chi connectivity index (χ1n) is 5.71. The number of amides is 1. The average Bonchev–Trinajstić information content (AvgIpc) is 2.45. The lowest BCUT2D eigenvalue weighted by molar-refractivity contribution is 0.0827. The molecule has 0 aromatic heterocycles. The summed E-state index contributed by atoms with van der Waals surface area (Å²) in [6, 6.07) is 4.99. The Morgan fingerprint density at radius 1 is 1.50 bits per heavy atom. The first-order chi connectivity index (χ1) is 9.53. The topological polar surface area (TPSA) is 77.7 Å². The van der Waals surface area contributed by atoms with Crippen LogP contribution < -0.4 is 10.1 Å². The minimum Gasteiger partial charge on any atom is -0.494 e. The Balaban J connectivity index is 3.25. The summed E-state index contributed by atoms with van der Waals surface area (Å²) in [5, 5.41) is 11.5. The van der Waals surface area contributed by atoms with E-state index in [0.29, 0.717) is 22.2 Å². The van der Waals surface area contributed by atoms with E-state index in [1.165, 1.54) is 23.8 Å². The zero-order chi connectivity index (χ0) is 15.1. The molecule has 1 aromatic carbocycles. The predicted octanol–water partition coefficient (Wildman–Crippen LogP) is 1.82. The van der Waals surface area contributed by atoms with Gasteiger partial charge in [0.25, 0.3) is 5.91 Å². The number of benzene rings is 1. The van der Waals surface area contributed by atoms with E-state index < -0.39 is 0 Å². The van der Waals surface area contributed by atoms with Gasteiger partial charge in [-0.2, -0.15) is 5.26 Å². The zero-order valence-electron chi connectivity index (χ0n) is 11.8. The normalized spacial score (nSPS) is 10.7. The molecule has 0 aliphatic heterocycles. The van der Waals surface area contributed by atoms with Crippen LogP contribution in [0.25, 0.3) is 0 Å². The van der Waals surface area contributed by atoms with Crippen LogP contribution in [0.5, 0.6) is 5.75 Å². The highest BCUT2D eigenvalue weighted by Gasteiger charge is 2.12. The number of carbonyl (C=O) groups is 1. The van der Waals surface area contributed by atoms with Gasteiger partial charge in [-0.15, -0.1) is 0 Å². The van der Waals surface area contributed by atoms with Gasteiger partial charge in [-0.1, -0.05) is 11.8 Å². The van der Waals surface area contributed by atoms with E-state index >= 15 is 0 Å². The molecule has 0 heterocycles. The molecule has 1 N–H and O–H groups in total. The molecule has 0 saturated heterocycles. The summed E-state index contributed by atoms with van der Waals surface area (Å²) in [5.74, 6) is 0.412. The molecule has 0 aliphatic rings. The van der Waals surface area contributed by atoms with Crippen molar-refractivity contribution in [3.05, 3.63) is 23.8 Å². The maximum atomic E-state index is 11.9. The van der Waals surface area contributed by atoms with E-state index in [1.54, 1.807) is 38.6 Å². The third kappa shape index (κ3) is 3.90. The van der Waals surface area contributed by atoms with Gasteiger partial charge in [0.15, 0.2) is 11.4 Å². The summed E-state index contributed by atoms with van der Waals surface area (Å²) in [6.07, 6.45) is 3.61. The highest BCUT2D eigenvalue weighted by atomic mass is 32.2. The van der Waals surface area contributed by atoms with Gasteiger partial charge in [-0.3, -0.25) is 10.1 Å². The van der Waals surface area contributed by atoms with E-state index in [4.69, 9.17) is 10.00 Å². The van der Waals surface area contributed by atoms with Crippen molar-refractivity contribution < 1.29 is 9.53 Å². The van der Waals surface area contributed by atoms with Gasteiger partial charge < -0.3 is 9.64 Å². The van der Waals surface area contributed by atoms with Gasteiger partial charge >= 0.3 is 0 Å². The number of hydrogen-bond donors (Lipinski definition) is 1. The molecule has 106 valence electrons. The van der Waals surface area contributed by atoms with Crippen molar-refractivity contribution >= 4 is 28.5 Å². The maximum absolute atomic E-state index is 11.9. The van der Waals surface area contributed by atoms with Crippen LogP contribution in [0.3, 0.4) is 0 Å². The molecular weight excluding hydrogens is 276 g/mol. The van der Waals surface area contributed by atoms with Crippen molar-refractivity contribution in [2.45, 2.75) is 0 Å². The molecule has 0 aliphatic carbocycles. The van der Waals surface area contributed by atoms with Crippen LogP contribution in [0.15, 0.2) is 23.2 Å².